The van der Waals surface area contributed by atoms with Crippen LogP contribution in [0.2, 0.25) is 0 Å². The lowest BCUT2D eigenvalue weighted by Gasteiger charge is -2.39. The Morgan fingerprint density at radius 2 is 1.88 bits per heavy atom. The summed E-state index contributed by atoms with van der Waals surface area (Å²) in [5, 5.41) is 9.83. The van der Waals surface area contributed by atoms with Gasteiger partial charge in [0.05, 0.1) is 12.1 Å². The minimum absolute atomic E-state index is 0.0646. The van der Waals surface area contributed by atoms with Gasteiger partial charge >= 0.3 is 0 Å². The van der Waals surface area contributed by atoms with Gasteiger partial charge in [-0.25, -0.2) is 0 Å². The van der Waals surface area contributed by atoms with Gasteiger partial charge in [0.15, 0.2) is 0 Å². The van der Waals surface area contributed by atoms with E-state index in [1.165, 1.54) is 12.0 Å². The molecule has 1 atom stereocenters. The molecule has 0 radical (unpaired) electrons. The molecule has 0 saturated carbocycles. The average molecular weight is 344 g/mol. The van der Waals surface area contributed by atoms with Gasteiger partial charge in [-0.15, -0.1) is 0 Å². The number of benzene rings is 1. The van der Waals surface area contributed by atoms with Crippen LogP contribution in [0, 0.1) is 5.41 Å². The normalized spacial score (nSPS) is 26.3. The number of hydrogen-bond donors (Lipinski definition) is 1. The Kier molecular flexibility index (Phi) is 5.49. The fourth-order valence-corrected chi connectivity index (χ4v) is 4.86. The molecule has 1 spiro atoms. The smallest absolute Gasteiger partial charge is 0.219 e. The largest absolute Gasteiger partial charge is 0.394 e. The molecule has 1 aromatic rings. The molecule has 0 aromatic heterocycles. The number of amides is 1. The van der Waals surface area contributed by atoms with Crippen LogP contribution in [-0.4, -0.2) is 59.1 Å². The van der Waals surface area contributed by atoms with Gasteiger partial charge in [-0.3, -0.25) is 4.79 Å². The maximum atomic E-state index is 12.0. The van der Waals surface area contributed by atoms with Crippen molar-refractivity contribution in [1.29, 1.82) is 0 Å². The SMILES string of the molecule is CC(=O)N1CC2(CCN(CCCc3ccccc3)CC2)CC1(C)CO. The molecule has 4 heteroatoms. The predicted octanol–water partition coefficient (Wildman–Crippen LogP) is 2.70. The lowest BCUT2D eigenvalue weighted by Crippen LogP contribution is -2.46. The van der Waals surface area contributed by atoms with Crippen molar-refractivity contribution < 1.29 is 9.90 Å². The van der Waals surface area contributed by atoms with E-state index in [2.05, 4.69) is 35.2 Å². The average Bonchev–Trinajstić information content (AvgIpc) is 2.91. The van der Waals surface area contributed by atoms with Crippen LogP contribution in [0.25, 0.3) is 0 Å². The molecule has 4 nitrogen and oxygen atoms in total. The molecule has 1 amide bonds. The van der Waals surface area contributed by atoms with Crippen LogP contribution >= 0.6 is 0 Å². The summed E-state index contributed by atoms with van der Waals surface area (Å²) < 4.78 is 0. The van der Waals surface area contributed by atoms with Gasteiger partial charge in [0.1, 0.15) is 0 Å². The van der Waals surface area contributed by atoms with Crippen LogP contribution in [-0.2, 0) is 11.2 Å². The molecule has 3 rings (SSSR count). The maximum Gasteiger partial charge on any atom is 0.219 e. The van der Waals surface area contributed by atoms with Crippen molar-refractivity contribution in [1.82, 2.24) is 9.80 Å². The molecule has 2 saturated heterocycles. The standard InChI is InChI=1S/C21H32N2O2/c1-18(25)23-16-21(15-20(23,2)17-24)10-13-22(14-11-21)12-6-9-19-7-4-3-5-8-19/h3-5,7-8,24H,6,9-17H2,1-2H3. The molecule has 2 fully saturated rings. The van der Waals surface area contributed by atoms with Crippen molar-refractivity contribution >= 4 is 5.91 Å². The number of likely N-dealkylation sites (tertiary alicyclic amines) is 2. The molecule has 2 aliphatic rings. The number of aliphatic hydroxyl groups is 1. The highest BCUT2D eigenvalue weighted by Gasteiger charge is 2.52. The molecule has 1 unspecified atom stereocenters. The molecule has 0 aliphatic carbocycles. The van der Waals surface area contributed by atoms with E-state index in [0.717, 1.165) is 51.9 Å². The van der Waals surface area contributed by atoms with Crippen LogP contribution in [0.1, 0.15) is 45.1 Å². The van der Waals surface area contributed by atoms with Gasteiger partial charge in [0.2, 0.25) is 5.91 Å². The Labute approximate surface area is 151 Å². The number of carbonyl (C=O) groups is 1. The first-order valence-electron chi connectivity index (χ1n) is 9.62. The Hall–Kier alpha value is -1.39. The van der Waals surface area contributed by atoms with E-state index in [-0.39, 0.29) is 23.5 Å². The molecule has 0 bridgehead atoms. The van der Waals surface area contributed by atoms with Gasteiger partial charge in [-0.2, -0.15) is 0 Å². The zero-order valence-corrected chi connectivity index (χ0v) is 15.7. The van der Waals surface area contributed by atoms with E-state index in [1.807, 2.05) is 11.8 Å². The second-order valence-electron chi connectivity index (χ2n) is 8.37. The van der Waals surface area contributed by atoms with Crippen LogP contribution in [0.3, 0.4) is 0 Å². The van der Waals surface area contributed by atoms with E-state index >= 15 is 0 Å². The van der Waals surface area contributed by atoms with Crippen LogP contribution in [0.5, 0.6) is 0 Å². The summed E-state index contributed by atoms with van der Waals surface area (Å²) in [4.78, 5) is 16.5. The fourth-order valence-electron chi connectivity index (χ4n) is 4.86. The van der Waals surface area contributed by atoms with Crippen LogP contribution in [0.4, 0.5) is 0 Å². The zero-order chi connectivity index (χ0) is 17.9. The lowest BCUT2D eigenvalue weighted by molar-refractivity contribution is -0.134. The Bertz CT molecular complexity index is 581. The molecule has 2 aliphatic heterocycles. The number of nitrogens with zero attached hydrogens (tertiary/aromatic N) is 2. The van der Waals surface area contributed by atoms with E-state index < -0.39 is 0 Å². The number of carbonyl (C=O) groups excluding carboxylic acids is 1. The van der Waals surface area contributed by atoms with Crippen molar-refractivity contribution in [2.45, 2.75) is 51.5 Å². The van der Waals surface area contributed by atoms with E-state index in [0.29, 0.717) is 0 Å². The number of aryl methyl sites for hydroxylation is 1. The fraction of sp³-hybridized carbons (Fsp3) is 0.667. The summed E-state index contributed by atoms with van der Waals surface area (Å²) in [6.45, 7) is 7.93. The van der Waals surface area contributed by atoms with Gasteiger partial charge in [0, 0.05) is 13.5 Å². The quantitative estimate of drug-likeness (QED) is 0.893. The minimum atomic E-state index is -0.374. The minimum Gasteiger partial charge on any atom is -0.394 e. The summed E-state index contributed by atoms with van der Waals surface area (Å²) in [5.41, 5.74) is 1.25. The van der Waals surface area contributed by atoms with E-state index in [4.69, 9.17) is 0 Å². The summed E-state index contributed by atoms with van der Waals surface area (Å²) in [6, 6.07) is 10.7. The van der Waals surface area contributed by atoms with E-state index in [9.17, 15) is 9.90 Å². The topological polar surface area (TPSA) is 43.8 Å². The number of rotatable bonds is 5. The number of aliphatic hydroxyl groups excluding tert-OH is 1. The van der Waals surface area contributed by atoms with Crippen molar-refractivity contribution in [2.75, 3.05) is 32.8 Å². The lowest BCUT2D eigenvalue weighted by atomic mass is 9.74. The van der Waals surface area contributed by atoms with E-state index in [1.54, 1.807) is 6.92 Å². The monoisotopic (exact) mass is 344 g/mol. The first-order valence-corrected chi connectivity index (χ1v) is 9.62. The van der Waals surface area contributed by atoms with Gasteiger partial charge in [-0.05, 0) is 69.6 Å². The third-order valence-corrected chi connectivity index (χ3v) is 6.32. The summed E-state index contributed by atoms with van der Waals surface area (Å²) >= 11 is 0. The Morgan fingerprint density at radius 1 is 1.20 bits per heavy atom. The molecule has 25 heavy (non-hydrogen) atoms. The predicted molar refractivity (Wildman–Crippen MR) is 100 cm³/mol. The Morgan fingerprint density at radius 3 is 2.44 bits per heavy atom. The third-order valence-electron chi connectivity index (χ3n) is 6.32. The van der Waals surface area contributed by atoms with Crippen molar-refractivity contribution in [3.63, 3.8) is 0 Å². The summed E-state index contributed by atoms with van der Waals surface area (Å²) in [5.74, 6) is 0.0960. The van der Waals surface area contributed by atoms with Gasteiger partial charge in [0.25, 0.3) is 0 Å². The molecule has 138 valence electrons. The molecule has 1 aromatic carbocycles. The van der Waals surface area contributed by atoms with Crippen molar-refractivity contribution in [3.05, 3.63) is 35.9 Å². The molecule has 1 N–H and O–H groups in total. The highest BCUT2D eigenvalue weighted by molar-refractivity contribution is 5.74. The summed E-state index contributed by atoms with van der Waals surface area (Å²) in [6.07, 6.45) is 5.55. The summed E-state index contributed by atoms with van der Waals surface area (Å²) in [7, 11) is 0. The second-order valence-corrected chi connectivity index (χ2v) is 8.37. The van der Waals surface area contributed by atoms with Gasteiger partial charge in [-0.1, -0.05) is 30.3 Å². The highest BCUT2D eigenvalue weighted by Crippen LogP contribution is 2.47. The number of hydrogen-bond acceptors (Lipinski definition) is 3. The maximum absolute atomic E-state index is 12.0. The number of piperidine rings is 1. The van der Waals surface area contributed by atoms with Crippen LogP contribution < -0.4 is 0 Å². The van der Waals surface area contributed by atoms with Gasteiger partial charge < -0.3 is 14.9 Å². The molecular weight excluding hydrogens is 312 g/mol. The van der Waals surface area contributed by atoms with Crippen LogP contribution in [0.15, 0.2) is 30.3 Å². The first-order chi connectivity index (χ1) is 12.0. The third kappa shape index (κ3) is 4.06. The molecule has 2 heterocycles. The first kappa shape index (κ1) is 18.4. The van der Waals surface area contributed by atoms with Crippen molar-refractivity contribution in [3.8, 4) is 0 Å². The highest BCUT2D eigenvalue weighted by atomic mass is 16.3. The molecular formula is C21H32N2O2. The Balaban J connectivity index is 1.49. The van der Waals surface area contributed by atoms with Crippen molar-refractivity contribution in [2.24, 2.45) is 5.41 Å². The second kappa shape index (κ2) is 7.46. The zero-order valence-electron chi connectivity index (χ0n) is 15.7.